The first kappa shape index (κ1) is 18.0. The quantitative estimate of drug-likeness (QED) is 0.416. The molecule has 0 aromatic heterocycles. The zero-order valence-electron chi connectivity index (χ0n) is 13.6. The van der Waals surface area contributed by atoms with Crippen LogP contribution >= 0.6 is 0 Å². The van der Waals surface area contributed by atoms with Crippen molar-refractivity contribution in [3.05, 3.63) is 85.0 Å². The molecule has 0 amide bonds. The Bertz CT molecular complexity index is 779. The molecule has 0 aliphatic carbocycles. The SMILES string of the molecule is C=CCOC(=O)c1cccc(OC(=O)c2cccc(OCC=C)c2)c1. The highest BCUT2D eigenvalue weighted by atomic mass is 16.5. The van der Waals surface area contributed by atoms with Gasteiger partial charge < -0.3 is 14.2 Å². The summed E-state index contributed by atoms with van der Waals surface area (Å²) in [5.74, 6) is -0.287. The maximum atomic E-state index is 12.3. The number of benzene rings is 2. The minimum Gasteiger partial charge on any atom is -0.490 e. The first-order valence-electron chi connectivity index (χ1n) is 7.58. The Morgan fingerprint density at radius 3 is 2.12 bits per heavy atom. The van der Waals surface area contributed by atoms with Crippen LogP contribution in [0.2, 0.25) is 0 Å². The van der Waals surface area contributed by atoms with Gasteiger partial charge in [-0.05, 0) is 36.4 Å². The Hall–Kier alpha value is -3.34. The first-order chi connectivity index (χ1) is 12.1. The van der Waals surface area contributed by atoms with Crippen molar-refractivity contribution in [2.45, 2.75) is 0 Å². The highest BCUT2D eigenvalue weighted by Crippen LogP contribution is 2.18. The minimum absolute atomic E-state index is 0.111. The van der Waals surface area contributed by atoms with Gasteiger partial charge in [0.25, 0.3) is 0 Å². The fraction of sp³-hybridized carbons (Fsp3) is 0.100. The molecule has 5 nitrogen and oxygen atoms in total. The normalized spacial score (nSPS) is 9.76. The molecule has 0 spiro atoms. The summed E-state index contributed by atoms with van der Waals surface area (Å²) in [5, 5.41) is 0. The van der Waals surface area contributed by atoms with E-state index in [1.54, 1.807) is 48.5 Å². The molecule has 0 aliphatic heterocycles. The lowest BCUT2D eigenvalue weighted by atomic mass is 10.2. The summed E-state index contributed by atoms with van der Waals surface area (Å²) < 4.78 is 15.7. The van der Waals surface area contributed by atoms with Crippen molar-refractivity contribution in [2.75, 3.05) is 13.2 Å². The molecule has 128 valence electrons. The van der Waals surface area contributed by atoms with Crippen LogP contribution in [-0.4, -0.2) is 25.2 Å². The fourth-order valence-corrected chi connectivity index (χ4v) is 1.94. The van der Waals surface area contributed by atoms with E-state index in [1.807, 2.05) is 0 Å². The lowest BCUT2D eigenvalue weighted by Gasteiger charge is -2.08. The van der Waals surface area contributed by atoms with E-state index in [4.69, 9.17) is 14.2 Å². The average Bonchev–Trinajstić information content (AvgIpc) is 2.64. The van der Waals surface area contributed by atoms with E-state index < -0.39 is 11.9 Å². The molecule has 0 saturated heterocycles. The second-order valence-corrected chi connectivity index (χ2v) is 4.93. The molecule has 0 saturated carbocycles. The largest absolute Gasteiger partial charge is 0.490 e. The van der Waals surface area contributed by atoms with Crippen LogP contribution in [0.15, 0.2) is 73.8 Å². The van der Waals surface area contributed by atoms with Gasteiger partial charge in [0.1, 0.15) is 24.7 Å². The Balaban J connectivity index is 2.08. The molecular weight excluding hydrogens is 320 g/mol. The highest BCUT2D eigenvalue weighted by molar-refractivity contribution is 5.93. The number of carbonyl (C=O) groups excluding carboxylic acids is 2. The van der Waals surface area contributed by atoms with E-state index >= 15 is 0 Å². The van der Waals surface area contributed by atoms with Crippen LogP contribution in [0.5, 0.6) is 11.5 Å². The monoisotopic (exact) mass is 338 g/mol. The van der Waals surface area contributed by atoms with Crippen molar-refractivity contribution < 1.29 is 23.8 Å². The van der Waals surface area contributed by atoms with E-state index in [2.05, 4.69) is 13.2 Å². The van der Waals surface area contributed by atoms with Crippen molar-refractivity contribution in [3.8, 4) is 11.5 Å². The van der Waals surface area contributed by atoms with Gasteiger partial charge in [-0.2, -0.15) is 0 Å². The number of rotatable bonds is 8. The van der Waals surface area contributed by atoms with Gasteiger partial charge in [-0.15, -0.1) is 0 Å². The van der Waals surface area contributed by atoms with Crippen LogP contribution in [0.4, 0.5) is 0 Å². The number of esters is 2. The number of carbonyl (C=O) groups is 2. The standard InChI is InChI=1S/C20H18O5/c1-3-11-23-17-9-5-8-16(13-17)20(22)25-18-10-6-7-15(14-18)19(21)24-12-4-2/h3-10,13-14H,1-2,11-12H2. The van der Waals surface area contributed by atoms with Gasteiger partial charge in [0.15, 0.2) is 0 Å². The van der Waals surface area contributed by atoms with Crippen molar-refractivity contribution in [3.63, 3.8) is 0 Å². The zero-order valence-corrected chi connectivity index (χ0v) is 13.6. The van der Waals surface area contributed by atoms with Crippen molar-refractivity contribution in [1.82, 2.24) is 0 Å². The summed E-state index contributed by atoms with van der Waals surface area (Å²) >= 11 is 0. The summed E-state index contributed by atoms with van der Waals surface area (Å²) in [6.07, 6.45) is 3.09. The van der Waals surface area contributed by atoms with E-state index in [0.717, 1.165) is 0 Å². The molecule has 5 heteroatoms. The lowest BCUT2D eigenvalue weighted by molar-refractivity contribution is 0.0547. The summed E-state index contributed by atoms with van der Waals surface area (Å²) in [6, 6.07) is 12.8. The third kappa shape index (κ3) is 5.35. The molecule has 0 heterocycles. The summed E-state index contributed by atoms with van der Waals surface area (Å²) in [7, 11) is 0. The maximum Gasteiger partial charge on any atom is 0.343 e. The smallest absolute Gasteiger partial charge is 0.343 e. The topological polar surface area (TPSA) is 61.8 Å². The Kier molecular flexibility index (Phi) is 6.54. The van der Waals surface area contributed by atoms with Gasteiger partial charge in [0, 0.05) is 0 Å². The Morgan fingerprint density at radius 1 is 0.840 bits per heavy atom. The molecule has 25 heavy (non-hydrogen) atoms. The van der Waals surface area contributed by atoms with Crippen LogP contribution in [0, 0.1) is 0 Å². The summed E-state index contributed by atoms with van der Waals surface area (Å²) in [6.45, 7) is 7.50. The molecular formula is C20H18O5. The molecule has 0 radical (unpaired) electrons. The predicted octanol–water partition coefficient (Wildman–Crippen LogP) is 3.81. The van der Waals surface area contributed by atoms with Gasteiger partial charge in [-0.25, -0.2) is 9.59 Å². The molecule has 2 rings (SSSR count). The molecule has 0 fully saturated rings. The van der Waals surface area contributed by atoms with E-state index in [1.165, 1.54) is 12.1 Å². The third-order valence-corrected chi connectivity index (χ3v) is 3.05. The predicted molar refractivity (Wildman–Crippen MR) is 94.0 cm³/mol. The molecule has 0 unspecified atom stereocenters. The highest BCUT2D eigenvalue weighted by Gasteiger charge is 2.12. The molecule has 0 atom stereocenters. The maximum absolute atomic E-state index is 12.3. The Morgan fingerprint density at radius 2 is 1.44 bits per heavy atom. The van der Waals surface area contributed by atoms with Crippen LogP contribution in [-0.2, 0) is 4.74 Å². The van der Waals surface area contributed by atoms with Gasteiger partial charge in [-0.3, -0.25) is 0 Å². The first-order valence-corrected chi connectivity index (χ1v) is 7.58. The number of ether oxygens (including phenoxy) is 3. The Labute approximate surface area is 146 Å². The van der Waals surface area contributed by atoms with Crippen molar-refractivity contribution in [2.24, 2.45) is 0 Å². The average molecular weight is 338 g/mol. The van der Waals surface area contributed by atoms with Crippen LogP contribution < -0.4 is 9.47 Å². The van der Waals surface area contributed by atoms with Crippen LogP contribution in [0.3, 0.4) is 0 Å². The van der Waals surface area contributed by atoms with Gasteiger partial charge >= 0.3 is 11.9 Å². The molecule has 2 aromatic carbocycles. The second kappa shape index (κ2) is 9.08. The number of hydrogen-bond acceptors (Lipinski definition) is 5. The van der Waals surface area contributed by atoms with E-state index in [0.29, 0.717) is 17.9 Å². The second-order valence-electron chi connectivity index (χ2n) is 4.93. The number of hydrogen-bond donors (Lipinski definition) is 0. The fourth-order valence-electron chi connectivity index (χ4n) is 1.94. The van der Waals surface area contributed by atoms with Gasteiger partial charge in [-0.1, -0.05) is 37.4 Å². The van der Waals surface area contributed by atoms with Crippen molar-refractivity contribution in [1.29, 1.82) is 0 Å². The minimum atomic E-state index is -0.555. The van der Waals surface area contributed by atoms with Crippen molar-refractivity contribution >= 4 is 11.9 Å². The van der Waals surface area contributed by atoms with Gasteiger partial charge in [0.05, 0.1) is 11.1 Å². The van der Waals surface area contributed by atoms with E-state index in [-0.39, 0.29) is 17.9 Å². The van der Waals surface area contributed by atoms with Crippen LogP contribution in [0.1, 0.15) is 20.7 Å². The van der Waals surface area contributed by atoms with E-state index in [9.17, 15) is 9.59 Å². The molecule has 2 aromatic rings. The molecule has 0 aliphatic rings. The zero-order chi connectivity index (χ0) is 18.1. The molecule has 0 bridgehead atoms. The molecule has 0 N–H and O–H groups in total. The lowest BCUT2D eigenvalue weighted by Crippen LogP contribution is -2.10. The summed E-state index contributed by atoms with van der Waals surface area (Å²) in [4.78, 5) is 24.1. The summed E-state index contributed by atoms with van der Waals surface area (Å²) in [5.41, 5.74) is 0.622. The third-order valence-electron chi connectivity index (χ3n) is 3.05. The van der Waals surface area contributed by atoms with Crippen LogP contribution in [0.25, 0.3) is 0 Å². The van der Waals surface area contributed by atoms with Gasteiger partial charge in [0.2, 0.25) is 0 Å².